The molecule has 0 atom stereocenters. The molecule has 0 aliphatic heterocycles. The van der Waals surface area contributed by atoms with Crippen molar-refractivity contribution in [3.63, 3.8) is 0 Å². The molecule has 14 heavy (non-hydrogen) atoms. The summed E-state index contributed by atoms with van der Waals surface area (Å²) in [4.78, 5) is 11.8. The minimum Gasteiger partial charge on any atom is -0.356 e. The van der Waals surface area contributed by atoms with Crippen molar-refractivity contribution in [3.05, 3.63) is 0 Å². The van der Waals surface area contributed by atoms with E-state index in [1.807, 2.05) is 13.8 Å². The molecule has 0 aliphatic rings. The van der Waals surface area contributed by atoms with Crippen LogP contribution in [-0.4, -0.2) is 12.5 Å². The quantitative estimate of drug-likeness (QED) is 0.741. The first-order valence-corrected chi connectivity index (χ1v) is 5.47. The van der Waals surface area contributed by atoms with E-state index in [9.17, 15) is 4.79 Å². The van der Waals surface area contributed by atoms with Gasteiger partial charge in [-0.1, -0.05) is 41.5 Å². The van der Waals surface area contributed by atoms with Crippen molar-refractivity contribution in [1.82, 2.24) is 5.32 Å². The second-order valence-corrected chi connectivity index (χ2v) is 5.88. The van der Waals surface area contributed by atoms with Gasteiger partial charge in [-0.25, -0.2) is 0 Å². The molecule has 84 valence electrons. The highest BCUT2D eigenvalue weighted by atomic mass is 16.2. The Bertz CT molecular complexity index is 189. The monoisotopic (exact) mass is 199 g/mol. The Hall–Kier alpha value is -0.530. The average molecular weight is 199 g/mol. The predicted octanol–water partition coefficient (Wildman–Crippen LogP) is 2.98. The molecule has 0 aromatic rings. The highest BCUT2D eigenvalue weighted by Crippen LogP contribution is 2.33. The molecule has 0 aliphatic carbocycles. The standard InChI is InChI=1S/C12H25NO/c1-7-8-13-10(14)12(5,6)9-11(2,3)4/h7-9H2,1-6H3,(H,13,14). The summed E-state index contributed by atoms with van der Waals surface area (Å²) in [5, 5.41) is 2.96. The summed E-state index contributed by atoms with van der Waals surface area (Å²) in [6.45, 7) is 13.4. The summed E-state index contributed by atoms with van der Waals surface area (Å²) in [6, 6.07) is 0. The van der Waals surface area contributed by atoms with Crippen molar-refractivity contribution in [3.8, 4) is 0 Å². The minimum absolute atomic E-state index is 0.175. The molecule has 0 saturated carbocycles. The first-order valence-electron chi connectivity index (χ1n) is 5.47. The Kier molecular flexibility index (Phi) is 4.63. The summed E-state index contributed by atoms with van der Waals surface area (Å²) in [7, 11) is 0. The maximum absolute atomic E-state index is 11.8. The lowest BCUT2D eigenvalue weighted by Gasteiger charge is -2.31. The zero-order valence-corrected chi connectivity index (χ0v) is 10.5. The van der Waals surface area contributed by atoms with Gasteiger partial charge in [0.2, 0.25) is 5.91 Å². The Morgan fingerprint density at radius 1 is 1.14 bits per heavy atom. The molecule has 0 saturated heterocycles. The Balaban J connectivity index is 4.23. The Morgan fingerprint density at radius 2 is 1.64 bits per heavy atom. The lowest BCUT2D eigenvalue weighted by molar-refractivity contribution is -0.130. The summed E-state index contributed by atoms with van der Waals surface area (Å²) >= 11 is 0. The molecular formula is C12H25NO. The highest BCUT2D eigenvalue weighted by molar-refractivity contribution is 5.81. The Labute approximate surface area is 88.5 Å². The van der Waals surface area contributed by atoms with E-state index < -0.39 is 0 Å². The van der Waals surface area contributed by atoms with Crippen molar-refractivity contribution < 1.29 is 4.79 Å². The van der Waals surface area contributed by atoms with Gasteiger partial charge in [0.05, 0.1) is 0 Å². The second-order valence-electron chi connectivity index (χ2n) is 5.88. The zero-order valence-electron chi connectivity index (χ0n) is 10.5. The normalized spacial score (nSPS) is 12.7. The molecule has 0 unspecified atom stereocenters. The van der Waals surface area contributed by atoms with Gasteiger partial charge < -0.3 is 5.32 Å². The van der Waals surface area contributed by atoms with Gasteiger partial charge in [-0.3, -0.25) is 4.79 Å². The Morgan fingerprint density at radius 3 is 2.00 bits per heavy atom. The number of rotatable bonds is 4. The topological polar surface area (TPSA) is 29.1 Å². The van der Waals surface area contributed by atoms with Crippen LogP contribution >= 0.6 is 0 Å². The zero-order chi connectivity index (χ0) is 11.4. The molecule has 1 amide bonds. The molecule has 0 rings (SSSR count). The van der Waals surface area contributed by atoms with Gasteiger partial charge in [-0.2, -0.15) is 0 Å². The van der Waals surface area contributed by atoms with Crippen molar-refractivity contribution in [2.75, 3.05) is 6.54 Å². The SMILES string of the molecule is CCCNC(=O)C(C)(C)CC(C)(C)C. The first kappa shape index (κ1) is 13.5. The lowest BCUT2D eigenvalue weighted by atomic mass is 9.76. The molecule has 1 N–H and O–H groups in total. The molecular weight excluding hydrogens is 174 g/mol. The maximum Gasteiger partial charge on any atom is 0.225 e. The molecule has 2 heteroatoms. The van der Waals surface area contributed by atoms with E-state index in [2.05, 4.69) is 33.0 Å². The van der Waals surface area contributed by atoms with Gasteiger partial charge in [-0.15, -0.1) is 0 Å². The van der Waals surface area contributed by atoms with Crippen LogP contribution in [0.4, 0.5) is 0 Å². The van der Waals surface area contributed by atoms with Crippen LogP contribution in [0.2, 0.25) is 0 Å². The summed E-state index contributed by atoms with van der Waals surface area (Å²) in [6.07, 6.45) is 1.91. The molecule has 0 radical (unpaired) electrons. The van der Waals surface area contributed by atoms with E-state index in [4.69, 9.17) is 0 Å². The molecule has 0 spiro atoms. The van der Waals surface area contributed by atoms with Gasteiger partial charge in [-0.05, 0) is 18.3 Å². The minimum atomic E-state index is -0.257. The van der Waals surface area contributed by atoms with E-state index in [0.717, 1.165) is 19.4 Å². The number of nitrogens with one attached hydrogen (secondary N) is 1. The first-order chi connectivity index (χ1) is 6.19. The van der Waals surface area contributed by atoms with E-state index in [1.165, 1.54) is 0 Å². The van der Waals surface area contributed by atoms with Crippen LogP contribution in [0.15, 0.2) is 0 Å². The van der Waals surface area contributed by atoms with E-state index in [0.29, 0.717) is 0 Å². The van der Waals surface area contributed by atoms with Crippen molar-refractivity contribution >= 4 is 5.91 Å². The van der Waals surface area contributed by atoms with Crippen LogP contribution in [0.25, 0.3) is 0 Å². The largest absolute Gasteiger partial charge is 0.356 e. The van der Waals surface area contributed by atoms with E-state index in [-0.39, 0.29) is 16.7 Å². The number of carbonyl (C=O) groups is 1. The van der Waals surface area contributed by atoms with Gasteiger partial charge in [0, 0.05) is 12.0 Å². The van der Waals surface area contributed by atoms with Crippen LogP contribution in [0.1, 0.15) is 54.4 Å². The van der Waals surface area contributed by atoms with Gasteiger partial charge in [0.25, 0.3) is 0 Å². The van der Waals surface area contributed by atoms with Gasteiger partial charge in [0.1, 0.15) is 0 Å². The highest BCUT2D eigenvalue weighted by Gasteiger charge is 2.31. The lowest BCUT2D eigenvalue weighted by Crippen LogP contribution is -2.39. The third-order valence-corrected chi connectivity index (χ3v) is 2.12. The molecule has 0 aromatic carbocycles. The molecule has 0 aromatic heterocycles. The van der Waals surface area contributed by atoms with Gasteiger partial charge >= 0.3 is 0 Å². The summed E-state index contributed by atoms with van der Waals surface area (Å²) in [5.41, 5.74) is -0.0551. The van der Waals surface area contributed by atoms with Crippen LogP contribution in [0.5, 0.6) is 0 Å². The fourth-order valence-electron chi connectivity index (χ4n) is 1.88. The van der Waals surface area contributed by atoms with Crippen LogP contribution in [-0.2, 0) is 4.79 Å². The van der Waals surface area contributed by atoms with E-state index in [1.54, 1.807) is 0 Å². The predicted molar refractivity (Wildman–Crippen MR) is 61.2 cm³/mol. The fraction of sp³-hybridized carbons (Fsp3) is 0.917. The number of hydrogen-bond acceptors (Lipinski definition) is 1. The third-order valence-electron chi connectivity index (χ3n) is 2.12. The molecule has 0 fully saturated rings. The van der Waals surface area contributed by atoms with Gasteiger partial charge in [0.15, 0.2) is 0 Å². The third kappa shape index (κ3) is 5.25. The molecule has 2 nitrogen and oxygen atoms in total. The number of hydrogen-bond donors (Lipinski definition) is 1. The maximum atomic E-state index is 11.8. The van der Waals surface area contributed by atoms with Crippen LogP contribution < -0.4 is 5.32 Å². The number of carbonyl (C=O) groups excluding carboxylic acids is 1. The average Bonchev–Trinajstić information content (AvgIpc) is 1.95. The summed E-state index contributed by atoms with van der Waals surface area (Å²) < 4.78 is 0. The van der Waals surface area contributed by atoms with Crippen molar-refractivity contribution in [1.29, 1.82) is 0 Å². The second kappa shape index (κ2) is 4.81. The van der Waals surface area contributed by atoms with Crippen molar-refractivity contribution in [2.24, 2.45) is 10.8 Å². The summed E-state index contributed by atoms with van der Waals surface area (Å²) in [5.74, 6) is 0.175. The van der Waals surface area contributed by atoms with Crippen LogP contribution in [0.3, 0.4) is 0 Å². The molecule has 0 bridgehead atoms. The van der Waals surface area contributed by atoms with Crippen molar-refractivity contribution in [2.45, 2.75) is 54.4 Å². The number of amides is 1. The smallest absolute Gasteiger partial charge is 0.225 e. The molecule has 0 heterocycles. The fourth-order valence-corrected chi connectivity index (χ4v) is 1.88. The van der Waals surface area contributed by atoms with Crippen LogP contribution in [0, 0.1) is 10.8 Å². The van der Waals surface area contributed by atoms with E-state index >= 15 is 0 Å².